The number of benzene rings is 1. The Morgan fingerprint density at radius 2 is 2.08 bits per heavy atom. The monoisotopic (exact) mass is 327 g/mol. The smallest absolute Gasteiger partial charge is 0.251 e. The largest absolute Gasteiger partial charge is 0.351 e. The van der Waals surface area contributed by atoms with Crippen LogP contribution in [0.25, 0.3) is 0 Å². The summed E-state index contributed by atoms with van der Waals surface area (Å²) in [4.78, 5) is 25.6. The van der Waals surface area contributed by atoms with Crippen LogP contribution in [-0.2, 0) is 16.1 Å². The van der Waals surface area contributed by atoms with Gasteiger partial charge in [0.25, 0.3) is 5.91 Å². The number of aryl methyl sites for hydroxylation is 1. The third-order valence-electron chi connectivity index (χ3n) is 4.15. The predicted molar refractivity (Wildman–Crippen MR) is 89.3 cm³/mol. The molecule has 7 nitrogen and oxygen atoms in total. The van der Waals surface area contributed by atoms with Crippen LogP contribution in [0.15, 0.2) is 30.5 Å². The molecule has 3 rings (SSSR count). The van der Waals surface area contributed by atoms with Crippen molar-refractivity contribution in [3.8, 4) is 0 Å². The first-order chi connectivity index (χ1) is 11.5. The zero-order valence-electron chi connectivity index (χ0n) is 13.9. The van der Waals surface area contributed by atoms with Gasteiger partial charge in [0.1, 0.15) is 11.7 Å². The molecule has 24 heavy (non-hydrogen) atoms. The molecule has 0 aliphatic carbocycles. The lowest BCUT2D eigenvalue weighted by Crippen LogP contribution is -2.42. The van der Waals surface area contributed by atoms with Gasteiger partial charge in [-0.05, 0) is 31.9 Å². The van der Waals surface area contributed by atoms with Crippen LogP contribution in [0.4, 0.5) is 5.69 Å². The topological polar surface area (TPSA) is 80.1 Å². The predicted octanol–water partition coefficient (Wildman–Crippen LogP) is 1.59. The third kappa shape index (κ3) is 3.45. The maximum atomic E-state index is 12.9. The van der Waals surface area contributed by atoms with Gasteiger partial charge in [0.15, 0.2) is 0 Å². The van der Waals surface area contributed by atoms with E-state index in [9.17, 15) is 9.59 Å². The number of hydrogen-bond acceptors (Lipinski definition) is 4. The van der Waals surface area contributed by atoms with Crippen molar-refractivity contribution >= 4 is 17.5 Å². The number of rotatable bonds is 4. The molecule has 0 saturated carbocycles. The van der Waals surface area contributed by atoms with Crippen molar-refractivity contribution in [3.63, 3.8) is 0 Å². The summed E-state index contributed by atoms with van der Waals surface area (Å²) in [6.07, 6.45) is 3.38. The van der Waals surface area contributed by atoms with Crippen molar-refractivity contribution in [2.45, 2.75) is 39.3 Å². The quantitative estimate of drug-likeness (QED) is 0.925. The number of hydrogen-bond donors (Lipinski definition) is 1. The summed E-state index contributed by atoms with van der Waals surface area (Å²) >= 11 is 0. The molecule has 2 aromatic rings. The van der Waals surface area contributed by atoms with E-state index in [1.807, 2.05) is 36.1 Å². The number of anilines is 1. The molecule has 2 heterocycles. The highest BCUT2D eigenvalue weighted by molar-refractivity contribution is 5.96. The van der Waals surface area contributed by atoms with E-state index < -0.39 is 0 Å². The fraction of sp³-hybridized carbons (Fsp3) is 0.412. The summed E-state index contributed by atoms with van der Waals surface area (Å²) in [7, 11) is 0. The minimum absolute atomic E-state index is 0.0288. The van der Waals surface area contributed by atoms with Gasteiger partial charge in [0, 0.05) is 19.2 Å². The van der Waals surface area contributed by atoms with Gasteiger partial charge in [-0.1, -0.05) is 22.9 Å². The second kappa shape index (κ2) is 6.82. The molecule has 1 saturated heterocycles. The van der Waals surface area contributed by atoms with Crippen molar-refractivity contribution in [3.05, 3.63) is 41.7 Å². The molecule has 7 heteroatoms. The fourth-order valence-corrected chi connectivity index (χ4v) is 2.84. The first-order valence-corrected chi connectivity index (χ1v) is 8.08. The average Bonchev–Trinajstić information content (AvgIpc) is 3.03. The molecule has 1 aliphatic heterocycles. The third-order valence-corrected chi connectivity index (χ3v) is 4.15. The summed E-state index contributed by atoms with van der Waals surface area (Å²) < 4.78 is 1.61. The van der Waals surface area contributed by atoms with Gasteiger partial charge in [-0.15, -0.1) is 5.10 Å². The summed E-state index contributed by atoms with van der Waals surface area (Å²) in [5.41, 5.74) is 2.72. The van der Waals surface area contributed by atoms with Crippen LogP contribution in [0.3, 0.4) is 0 Å². The molecule has 1 aromatic heterocycles. The van der Waals surface area contributed by atoms with E-state index in [0.717, 1.165) is 18.5 Å². The van der Waals surface area contributed by atoms with Gasteiger partial charge in [0.05, 0.1) is 12.7 Å². The number of carbonyl (C=O) groups is 2. The Bertz CT molecular complexity index is 738. The normalized spacial score (nSPS) is 17.8. The highest BCUT2D eigenvalue weighted by Gasteiger charge is 2.31. The van der Waals surface area contributed by atoms with E-state index >= 15 is 0 Å². The standard InChI is InChI=1S/C17H21N5O2/c1-12-5-7-15(8-6-12)21-9-3-4-16(17(21)24)22-11-14(19-20-22)10-18-13(2)23/h5-8,11,16H,3-4,9-10H2,1-2H3,(H,18,23). The summed E-state index contributed by atoms with van der Waals surface area (Å²) in [6, 6.07) is 7.61. The Labute approximate surface area is 140 Å². The van der Waals surface area contributed by atoms with Crippen molar-refractivity contribution in [2.75, 3.05) is 11.4 Å². The number of aromatic nitrogens is 3. The van der Waals surface area contributed by atoms with E-state index in [2.05, 4.69) is 15.6 Å². The summed E-state index contributed by atoms with van der Waals surface area (Å²) in [5.74, 6) is -0.0927. The van der Waals surface area contributed by atoms with Gasteiger partial charge in [-0.2, -0.15) is 0 Å². The Hall–Kier alpha value is -2.70. The fourth-order valence-electron chi connectivity index (χ4n) is 2.84. The van der Waals surface area contributed by atoms with Crippen LogP contribution in [0.1, 0.15) is 37.1 Å². The zero-order valence-corrected chi connectivity index (χ0v) is 13.9. The molecule has 1 aromatic carbocycles. The number of amides is 2. The lowest BCUT2D eigenvalue weighted by Gasteiger charge is -2.32. The minimum Gasteiger partial charge on any atom is -0.351 e. The second-order valence-corrected chi connectivity index (χ2v) is 6.08. The molecule has 126 valence electrons. The molecule has 1 N–H and O–H groups in total. The van der Waals surface area contributed by atoms with Crippen LogP contribution in [0.2, 0.25) is 0 Å². The molecule has 2 amide bonds. The number of nitrogens with one attached hydrogen (secondary N) is 1. The highest BCUT2D eigenvalue weighted by Crippen LogP contribution is 2.27. The summed E-state index contributed by atoms with van der Waals surface area (Å²) in [6.45, 7) is 4.51. The van der Waals surface area contributed by atoms with E-state index in [4.69, 9.17) is 0 Å². The van der Waals surface area contributed by atoms with E-state index in [0.29, 0.717) is 18.8 Å². The van der Waals surface area contributed by atoms with Gasteiger partial charge in [-0.3, -0.25) is 9.59 Å². The van der Waals surface area contributed by atoms with Crippen molar-refractivity contribution in [1.82, 2.24) is 20.3 Å². The lowest BCUT2D eigenvalue weighted by atomic mass is 10.0. The highest BCUT2D eigenvalue weighted by atomic mass is 16.2. The number of nitrogens with zero attached hydrogens (tertiary/aromatic N) is 4. The van der Waals surface area contributed by atoms with Gasteiger partial charge >= 0.3 is 0 Å². The van der Waals surface area contributed by atoms with Crippen LogP contribution < -0.4 is 10.2 Å². The van der Waals surface area contributed by atoms with Crippen molar-refractivity contribution < 1.29 is 9.59 Å². The Kier molecular flexibility index (Phi) is 4.59. The van der Waals surface area contributed by atoms with Gasteiger partial charge < -0.3 is 10.2 Å². The van der Waals surface area contributed by atoms with E-state index in [1.54, 1.807) is 10.9 Å². The molecule has 1 aliphatic rings. The molecule has 0 bridgehead atoms. The molecule has 1 fully saturated rings. The molecular formula is C17H21N5O2. The first-order valence-electron chi connectivity index (χ1n) is 8.08. The van der Waals surface area contributed by atoms with Crippen molar-refractivity contribution in [2.24, 2.45) is 0 Å². The maximum Gasteiger partial charge on any atom is 0.251 e. The van der Waals surface area contributed by atoms with Crippen molar-refractivity contribution in [1.29, 1.82) is 0 Å². The Morgan fingerprint density at radius 1 is 1.33 bits per heavy atom. The molecule has 0 spiro atoms. The van der Waals surface area contributed by atoms with Crippen LogP contribution in [0.5, 0.6) is 0 Å². The molecular weight excluding hydrogens is 306 g/mol. The second-order valence-electron chi connectivity index (χ2n) is 6.08. The molecule has 0 radical (unpaired) electrons. The SMILES string of the molecule is CC(=O)NCc1cn(C2CCCN(c3ccc(C)cc3)C2=O)nn1. The van der Waals surface area contributed by atoms with E-state index in [1.165, 1.54) is 12.5 Å². The maximum absolute atomic E-state index is 12.9. The number of piperidine rings is 1. The Morgan fingerprint density at radius 3 is 2.79 bits per heavy atom. The minimum atomic E-state index is -0.348. The Balaban J connectivity index is 1.75. The van der Waals surface area contributed by atoms with Crippen LogP contribution in [-0.4, -0.2) is 33.4 Å². The molecule has 1 unspecified atom stereocenters. The first kappa shape index (κ1) is 16.2. The van der Waals surface area contributed by atoms with Crippen LogP contribution in [0, 0.1) is 6.92 Å². The lowest BCUT2D eigenvalue weighted by molar-refractivity contribution is -0.123. The molecule has 1 atom stereocenters. The average molecular weight is 327 g/mol. The van der Waals surface area contributed by atoms with E-state index in [-0.39, 0.29) is 17.9 Å². The number of carbonyl (C=O) groups excluding carboxylic acids is 2. The van der Waals surface area contributed by atoms with Gasteiger partial charge in [-0.25, -0.2) is 4.68 Å². The summed E-state index contributed by atoms with van der Waals surface area (Å²) in [5, 5.41) is 10.8. The van der Waals surface area contributed by atoms with Crippen LogP contribution >= 0.6 is 0 Å². The van der Waals surface area contributed by atoms with Gasteiger partial charge in [0.2, 0.25) is 5.91 Å². The zero-order chi connectivity index (χ0) is 17.1.